The number of benzene rings is 1. The fourth-order valence-electron chi connectivity index (χ4n) is 2.63. The monoisotopic (exact) mass is 229 g/mol. The fraction of sp³-hybridized carbons (Fsp3) is 0.500. The van der Waals surface area contributed by atoms with Crippen LogP contribution in [0.15, 0.2) is 24.3 Å². The standard InChI is InChI=1S/C16H23N/c1-12-6-7-17-16(11-12)5-4-15-9-13(2)8-14(3)10-15/h4-5,8-10,12,16-17H,6-7,11H2,1-3H3/b5-4+. The highest BCUT2D eigenvalue weighted by Gasteiger charge is 2.15. The minimum atomic E-state index is 0.555. The van der Waals surface area contributed by atoms with Crippen LogP contribution in [0.1, 0.15) is 36.5 Å². The van der Waals surface area contributed by atoms with Gasteiger partial charge in [0.15, 0.2) is 0 Å². The summed E-state index contributed by atoms with van der Waals surface area (Å²) in [5.74, 6) is 0.852. The molecule has 92 valence electrons. The summed E-state index contributed by atoms with van der Waals surface area (Å²) in [4.78, 5) is 0. The van der Waals surface area contributed by atoms with Gasteiger partial charge in [-0.15, -0.1) is 0 Å². The Morgan fingerprint density at radius 1 is 1.18 bits per heavy atom. The van der Waals surface area contributed by atoms with Gasteiger partial charge in [-0.2, -0.15) is 0 Å². The van der Waals surface area contributed by atoms with E-state index >= 15 is 0 Å². The molecule has 1 fully saturated rings. The van der Waals surface area contributed by atoms with Gasteiger partial charge in [-0.05, 0) is 44.7 Å². The van der Waals surface area contributed by atoms with Crippen LogP contribution in [-0.4, -0.2) is 12.6 Å². The van der Waals surface area contributed by atoms with Gasteiger partial charge in [0.05, 0.1) is 0 Å². The van der Waals surface area contributed by atoms with E-state index in [2.05, 4.69) is 56.4 Å². The summed E-state index contributed by atoms with van der Waals surface area (Å²) in [6.07, 6.45) is 7.16. The molecular formula is C16H23N. The summed E-state index contributed by atoms with van der Waals surface area (Å²) in [5, 5.41) is 3.56. The van der Waals surface area contributed by atoms with E-state index in [1.54, 1.807) is 0 Å². The molecule has 1 nitrogen and oxygen atoms in total. The third kappa shape index (κ3) is 3.71. The normalized spacial score (nSPS) is 25.4. The summed E-state index contributed by atoms with van der Waals surface area (Å²) < 4.78 is 0. The predicted octanol–water partition coefficient (Wildman–Crippen LogP) is 3.70. The minimum absolute atomic E-state index is 0.555. The Hall–Kier alpha value is -1.08. The van der Waals surface area contributed by atoms with Crippen LogP contribution in [0.25, 0.3) is 6.08 Å². The summed E-state index contributed by atoms with van der Waals surface area (Å²) in [5.41, 5.74) is 4.01. The molecule has 1 aromatic rings. The molecule has 0 bridgehead atoms. The molecule has 0 aromatic heterocycles. The molecule has 0 amide bonds. The first-order valence-electron chi connectivity index (χ1n) is 6.63. The minimum Gasteiger partial charge on any atom is -0.310 e. The summed E-state index contributed by atoms with van der Waals surface area (Å²) >= 11 is 0. The second-order valence-corrected chi connectivity index (χ2v) is 5.47. The van der Waals surface area contributed by atoms with Gasteiger partial charge in [0.2, 0.25) is 0 Å². The maximum atomic E-state index is 3.56. The Labute approximate surface area is 105 Å². The number of hydrogen-bond acceptors (Lipinski definition) is 1. The van der Waals surface area contributed by atoms with Crippen molar-refractivity contribution in [2.24, 2.45) is 5.92 Å². The lowest BCUT2D eigenvalue weighted by Crippen LogP contribution is -2.35. The largest absolute Gasteiger partial charge is 0.310 e. The molecule has 1 N–H and O–H groups in total. The molecule has 2 atom stereocenters. The first-order valence-corrected chi connectivity index (χ1v) is 6.63. The van der Waals surface area contributed by atoms with Gasteiger partial charge >= 0.3 is 0 Å². The lowest BCUT2D eigenvalue weighted by Gasteiger charge is -2.25. The summed E-state index contributed by atoms with van der Waals surface area (Å²) in [6.45, 7) is 7.82. The van der Waals surface area contributed by atoms with Crippen LogP contribution in [-0.2, 0) is 0 Å². The molecule has 0 aliphatic carbocycles. The summed E-state index contributed by atoms with van der Waals surface area (Å²) in [6, 6.07) is 7.27. The fourth-order valence-corrected chi connectivity index (χ4v) is 2.63. The van der Waals surface area contributed by atoms with Crippen LogP contribution in [0, 0.1) is 19.8 Å². The smallest absolute Gasteiger partial charge is 0.0255 e. The van der Waals surface area contributed by atoms with Gasteiger partial charge in [0.1, 0.15) is 0 Å². The molecule has 0 saturated carbocycles. The molecule has 1 aromatic carbocycles. The topological polar surface area (TPSA) is 12.0 Å². The number of piperidine rings is 1. The van der Waals surface area contributed by atoms with Crippen molar-refractivity contribution in [3.05, 3.63) is 41.0 Å². The first-order chi connectivity index (χ1) is 8.13. The Morgan fingerprint density at radius 2 is 1.88 bits per heavy atom. The Bertz CT molecular complexity index is 386. The van der Waals surface area contributed by atoms with Crippen LogP contribution in [0.4, 0.5) is 0 Å². The molecule has 1 saturated heterocycles. The van der Waals surface area contributed by atoms with Crippen LogP contribution in [0.3, 0.4) is 0 Å². The van der Waals surface area contributed by atoms with Crippen LogP contribution in [0.5, 0.6) is 0 Å². The van der Waals surface area contributed by atoms with E-state index in [0.717, 1.165) is 12.5 Å². The average molecular weight is 229 g/mol. The second-order valence-electron chi connectivity index (χ2n) is 5.47. The second kappa shape index (κ2) is 5.50. The van der Waals surface area contributed by atoms with Gasteiger partial charge in [-0.3, -0.25) is 0 Å². The van der Waals surface area contributed by atoms with Crippen molar-refractivity contribution in [2.75, 3.05) is 6.54 Å². The van der Waals surface area contributed by atoms with Crippen molar-refractivity contribution in [3.63, 3.8) is 0 Å². The Kier molecular flexibility index (Phi) is 4.01. The van der Waals surface area contributed by atoms with Gasteiger partial charge in [-0.1, -0.05) is 48.4 Å². The van der Waals surface area contributed by atoms with Crippen LogP contribution < -0.4 is 5.32 Å². The highest BCUT2D eigenvalue weighted by Crippen LogP contribution is 2.17. The quantitative estimate of drug-likeness (QED) is 0.815. The molecule has 1 heteroatoms. The average Bonchev–Trinajstić information content (AvgIpc) is 2.25. The number of rotatable bonds is 2. The van der Waals surface area contributed by atoms with Crippen molar-refractivity contribution in [1.82, 2.24) is 5.32 Å². The molecule has 0 radical (unpaired) electrons. The molecule has 0 spiro atoms. The van der Waals surface area contributed by atoms with E-state index in [1.165, 1.54) is 29.5 Å². The number of aryl methyl sites for hydroxylation is 2. The zero-order valence-electron chi connectivity index (χ0n) is 11.2. The maximum absolute atomic E-state index is 3.56. The van der Waals surface area contributed by atoms with E-state index < -0.39 is 0 Å². The summed E-state index contributed by atoms with van der Waals surface area (Å²) in [7, 11) is 0. The lowest BCUT2D eigenvalue weighted by atomic mass is 9.93. The van der Waals surface area contributed by atoms with E-state index in [4.69, 9.17) is 0 Å². The van der Waals surface area contributed by atoms with E-state index in [9.17, 15) is 0 Å². The maximum Gasteiger partial charge on any atom is 0.0255 e. The number of hydrogen-bond donors (Lipinski definition) is 1. The predicted molar refractivity (Wildman–Crippen MR) is 75.1 cm³/mol. The molecule has 2 rings (SSSR count). The van der Waals surface area contributed by atoms with Crippen molar-refractivity contribution >= 4 is 6.08 Å². The highest BCUT2D eigenvalue weighted by atomic mass is 14.9. The van der Waals surface area contributed by atoms with Crippen molar-refractivity contribution in [3.8, 4) is 0 Å². The van der Waals surface area contributed by atoms with Crippen LogP contribution in [0.2, 0.25) is 0 Å². The van der Waals surface area contributed by atoms with Gasteiger partial charge in [-0.25, -0.2) is 0 Å². The molecular weight excluding hydrogens is 206 g/mol. The van der Waals surface area contributed by atoms with Crippen LogP contribution >= 0.6 is 0 Å². The van der Waals surface area contributed by atoms with Gasteiger partial charge in [0, 0.05) is 6.04 Å². The Morgan fingerprint density at radius 3 is 2.53 bits per heavy atom. The molecule has 1 heterocycles. The first kappa shape index (κ1) is 12.4. The third-order valence-electron chi connectivity index (χ3n) is 3.46. The zero-order valence-corrected chi connectivity index (χ0v) is 11.2. The molecule has 17 heavy (non-hydrogen) atoms. The van der Waals surface area contributed by atoms with E-state index in [1.807, 2.05) is 0 Å². The van der Waals surface area contributed by atoms with E-state index in [0.29, 0.717) is 6.04 Å². The zero-order chi connectivity index (χ0) is 12.3. The van der Waals surface area contributed by atoms with Crippen molar-refractivity contribution in [1.29, 1.82) is 0 Å². The van der Waals surface area contributed by atoms with E-state index in [-0.39, 0.29) is 0 Å². The molecule has 1 aliphatic heterocycles. The van der Waals surface area contributed by atoms with Gasteiger partial charge in [0.25, 0.3) is 0 Å². The van der Waals surface area contributed by atoms with Crippen molar-refractivity contribution in [2.45, 2.75) is 39.7 Å². The highest BCUT2D eigenvalue weighted by molar-refractivity contribution is 5.52. The molecule has 2 unspecified atom stereocenters. The van der Waals surface area contributed by atoms with Gasteiger partial charge < -0.3 is 5.32 Å². The lowest BCUT2D eigenvalue weighted by molar-refractivity contribution is 0.357. The molecule has 1 aliphatic rings. The Balaban J connectivity index is 2.04. The third-order valence-corrected chi connectivity index (χ3v) is 3.46. The number of nitrogens with one attached hydrogen (secondary N) is 1. The van der Waals surface area contributed by atoms with Crippen molar-refractivity contribution < 1.29 is 0 Å². The SMILES string of the molecule is Cc1cc(C)cc(/C=C/C2CC(C)CCN2)c1.